The van der Waals surface area contributed by atoms with E-state index in [0.29, 0.717) is 19.0 Å². The number of likely N-dealkylation sites (tertiary alicyclic amines) is 1. The second-order valence-corrected chi connectivity index (χ2v) is 6.75. The highest BCUT2D eigenvalue weighted by Crippen LogP contribution is 2.27. The Balaban J connectivity index is 1.46. The molecule has 2 aliphatic rings. The molecule has 1 aliphatic heterocycles. The number of ether oxygens (including phenoxy) is 1. The molecule has 1 amide bonds. The number of amides is 1. The zero-order chi connectivity index (χ0) is 16.9. The van der Waals surface area contributed by atoms with Crippen LogP contribution in [0.15, 0.2) is 24.3 Å². The molecule has 0 bridgehead atoms. The Kier molecular flexibility index (Phi) is 5.66. The Morgan fingerprint density at radius 2 is 2.08 bits per heavy atom. The van der Waals surface area contributed by atoms with Crippen molar-refractivity contribution < 1.29 is 18.3 Å². The third kappa shape index (κ3) is 4.44. The van der Waals surface area contributed by atoms with Crippen molar-refractivity contribution in [3.05, 3.63) is 29.8 Å². The molecule has 0 spiro atoms. The van der Waals surface area contributed by atoms with Crippen LogP contribution in [0.2, 0.25) is 0 Å². The van der Waals surface area contributed by atoms with Crippen LogP contribution >= 0.6 is 0 Å². The van der Waals surface area contributed by atoms with Crippen LogP contribution < -0.4 is 10.1 Å². The molecule has 4 nitrogen and oxygen atoms in total. The molecule has 1 atom stereocenters. The van der Waals surface area contributed by atoms with Gasteiger partial charge in [-0.25, -0.2) is 0 Å². The van der Waals surface area contributed by atoms with E-state index in [1.54, 1.807) is 12.1 Å². The number of carbonyl (C=O) groups excluding carboxylic acids is 1. The van der Waals surface area contributed by atoms with E-state index < -0.39 is 6.61 Å². The van der Waals surface area contributed by atoms with Gasteiger partial charge in [-0.1, -0.05) is 24.6 Å². The van der Waals surface area contributed by atoms with E-state index in [-0.39, 0.29) is 17.6 Å². The Hall–Kier alpha value is -1.69. The second-order valence-electron chi connectivity index (χ2n) is 6.75. The summed E-state index contributed by atoms with van der Waals surface area (Å²) in [6, 6.07) is 6.93. The van der Waals surface area contributed by atoms with Crippen molar-refractivity contribution in [2.24, 2.45) is 11.8 Å². The topological polar surface area (TPSA) is 41.6 Å². The molecule has 1 N–H and O–H groups in total. The number of benzene rings is 1. The summed E-state index contributed by atoms with van der Waals surface area (Å²) in [6.07, 6.45) is 4.21. The molecule has 3 rings (SSSR count). The van der Waals surface area contributed by atoms with Crippen LogP contribution in [0, 0.1) is 11.8 Å². The van der Waals surface area contributed by atoms with Crippen LogP contribution in [-0.4, -0.2) is 37.1 Å². The molecule has 132 valence electrons. The van der Waals surface area contributed by atoms with Crippen LogP contribution in [0.3, 0.4) is 0 Å². The zero-order valence-corrected chi connectivity index (χ0v) is 13.7. The fourth-order valence-electron chi connectivity index (χ4n) is 3.37. The summed E-state index contributed by atoms with van der Waals surface area (Å²) in [5.41, 5.74) is 0.775. The summed E-state index contributed by atoms with van der Waals surface area (Å²) in [6.45, 7) is 0.275. The van der Waals surface area contributed by atoms with Crippen LogP contribution in [0.4, 0.5) is 8.78 Å². The number of hydrogen-bond donors (Lipinski definition) is 1. The van der Waals surface area contributed by atoms with Gasteiger partial charge in [0.15, 0.2) is 0 Å². The lowest BCUT2D eigenvalue weighted by Gasteiger charge is -2.25. The standard InChI is InChI=1S/C18H24F2N2O2/c19-18(20)24-16-7-2-1-4-15(16)12-22-9-8-13(11-22)10-21-17(23)14-5-3-6-14/h1-2,4,7,13-14,18H,3,5-6,8-12H2,(H,21,23)/t13-/m1/s1. The third-order valence-electron chi connectivity index (χ3n) is 4.99. The maximum Gasteiger partial charge on any atom is 0.387 e. The van der Waals surface area contributed by atoms with Crippen LogP contribution in [0.25, 0.3) is 0 Å². The summed E-state index contributed by atoms with van der Waals surface area (Å²) in [5.74, 6) is 1.09. The highest BCUT2D eigenvalue weighted by Gasteiger charge is 2.27. The van der Waals surface area contributed by atoms with E-state index >= 15 is 0 Å². The molecule has 2 fully saturated rings. The first kappa shape index (κ1) is 17.1. The molecule has 1 saturated carbocycles. The van der Waals surface area contributed by atoms with Crippen LogP contribution in [0.1, 0.15) is 31.2 Å². The molecule has 1 aromatic rings. The minimum Gasteiger partial charge on any atom is -0.434 e. The van der Waals surface area contributed by atoms with Crippen molar-refractivity contribution in [1.82, 2.24) is 10.2 Å². The average molecular weight is 338 g/mol. The molecule has 1 heterocycles. The lowest BCUT2D eigenvalue weighted by molar-refractivity contribution is -0.127. The van der Waals surface area contributed by atoms with Crippen molar-refractivity contribution in [3.8, 4) is 5.75 Å². The molecule has 0 unspecified atom stereocenters. The van der Waals surface area contributed by atoms with Crippen molar-refractivity contribution in [2.75, 3.05) is 19.6 Å². The van der Waals surface area contributed by atoms with Crippen LogP contribution in [-0.2, 0) is 11.3 Å². The van der Waals surface area contributed by atoms with Gasteiger partial charge < -0.3 is 10.1 Å². The molecule has 1 aliphatic carbocycles. The molecule has 6 heteroatoms. The molecular formula is C18H24F2N2O2. The summed E-state index contributed by atoms with van der Waals surface area (Å²) < 4.78 is 29.5. The number of carbonyl (C=O) groups is 1. The SMILES string of the molecule is O=C(NC[C@H]1CCN(Cc2ccccc2OC(F)F)C1)C1CCC1. The number of rotatable bonds is 7. The van der Waals surface area contributed by atoms with E-state index in [1.807, 2.05) is 12.1 Å². The van der Waals surface area contributed by atoms with Gasteiger partial charge >= 0.3 is 6.61 Å². The summed E-state index contributed by atoms with van der Waals surface area (Å²) >= 11 is 0. The number of alkyl halides is 2. The van der Waals surface area contributed by atoms with Gasteiger partial charge in [0.2, 0.25) is 5.91 Å². The molecule has 1 saturated heterocycles. The van der Waals surface area contributed by atoms with Crippen molar-refractivity contribution in [1.29, 1.82) is 0 Å². The number of nitrogens with one attached hydrogen (secondary N) is 1. The number of nitrogens with zero attached hydrogens (tertiary/aromatic N) is 1. The summed E-state index contributed by atoms with van der Waals surface area (Å²) in [5, 5.41) is 3.06. The lowest BCUT2D eigenvalue weighted by Crippen LogP contribution is -2.37. The van der Waals surface area contributed by atoms with E-state index in [0.717, 1.165) is 44.3 Å². The van der Waals surface area contributed by atoms with Gasteiger partial charge in [-0.15, -0.1) is 0 Å². The van der Waals surface area contributed by atoms with E-state index in [9.17, 15) is 13.6 Å². The van der Waals surface area contributed by atoms with E-state index in [4.69, 9.17) is 0 Å². The van der Waals surface area contributed by atoms with E-state index in [2.05, 4.69) is 15.0 Å². The first-order chi connectivity index (χ1) is 11.6. The Labute approximate surface area is 141 Å². The number of hydrogen-bond acceptors (Lipinski definition) is 3. The minimum atomic E-state index is -2.81. The molecule has 24 heavy (non-hydrogen) atoms. The second kappa shape index (κ2) is 7.92. The Morgan fingerprint density at radius 1 is 1.29 bits per heavy atom. The van der Waals surface area contributed by atoms with Crippen molar-refractivity contribution in [2.45, 2.75) is 38.8 Å². The number of para-hydroxylation sites is 1. The summed E-state index contributed by atoms with van der Waals surface area (Å²) in [4.78, 5) is 14.1. The smallest absolute Gasteiger partial charge is 0.387 e. The average Bonchev–Trinajstić information content (AvgIpc) is 2.92. The van der Waals surface area contributed by atoms with Gasteiger partial charge in [0, 0.05) is 31.1 Å². The fourth-order valence-corrected chi connectivity index (χ4v) is 3.37. The third-order valence-corrected chi connectivity index (χ3v) is 4.99. The largest absolute Gasteiger partial charge is 0.434 e. The summed E-state index contributed by atoms with van der Waals surface area (Å²) in [7, 11) is 0. The quantitative estimate of drug-likeness (QED) is 0.831. The van der Waals surface area contributed by atoms with Crippen molar-refractivity contribution >= 4 is 5.91 Å². The minimum absolute atomic E-state index is 0.190. The monoisotopic (exact) mass is 338 g/mol. The molecule has 0 radical (unpaired) electrons. The highest BCUT2D eigenvalue weighted by molar-refractivity contribution is 5.79. The zero-order valence-electron chi connectivity index (χ0n) is 13.7. The van der Waals surface area contributed by atoms with Gasteiger partial charge in [-0.2, -0.15) is 8.78 Å². The van der Waals surface area contributed by atoms with Gasteiger partial charge in [-0.05, 0) is 37.8 Å². The van der Waals surface area contributed by atoms with E-state index in [1.165, 1.54) is 0 Å². The fraction of sp³-hybridized carbons (Fsp3) is 0.611. The maximum atomic E-state index is 12.5. The first-order valence-electron chi connectivity index (χ1n) is 8.64. The van der Waals surface area contributed by atoms with Gasteiger partial charge in [0.1, 0.15) is 5.75 Å². The maximum absolute atomic E-state index is 12.5. The Bertz CT molecular complexity index is 564. The van der Waals surface area contributed by atoms with Crippen molar-refractivity contribution in [3.63, 3.8) is 0 Å². The Morgan fingerprint density at radius 3 is 2.79 bits per heavy atom. The lowest BCUT2D eigenvalue weighted by atomic mass is 9.85. The normalized spacial score (nSPS) is 21.7. The van der Waals surface area contributed by atoms with Gasteiger partial charge in [-0.3, -0.25) is 9.69 Å². The predicted octanol–water partition coefficient (Wildman–Crippen LogP) is 3.03. The first-order valence-corrected chi connectivity index (χ1v) is 8.64. The molecular weight excluding hydrogens is 314 g/mol. The van der Waals surface area contributed by atoms with Gasteiger partial charge in [0.25, 0.3) is 0 Å². The predicted molar refractivity (Wildman–Crippen MR) is 86.8 cm³/mol. The van der Waals surface area contributed by atoms with Crippen LogP contribution in [0.5, 0.6) is 5.75 Å². The molecule has 0 aromatic heterocycles. The van der Waals surface area contributed by atoms with Gasteiger partial charge in [0.05, 0.1) is 0 Å². The molecule has 1 aromatic carbocycles. The highest BCUT2D eigenvalue weighted by atomic mass is 19.3. The number of halogens is 2.